The summed E-state index contributed by atoms with van der Waals surface area (Å²) < 4.78 is 9.47. The van der Waals surface area contributed by atoms with Crippen molar-refractivity contribution in [1.29, 1.82) is 0 Å². The van der Waals surface area contributed by atoms with Gasteiger partial charge in [-0.05, 0) is 0 Å². The van der Waals surface area contributed by atoms with Crippen LogP contribution in [0.15, 0.2) is 0 Å². The molecule has 0 aromatic carbocycles. The van der Waals surface area contributed by atoms with E-state index >= 15 is 0 Å². The minimum atomic E-state index is 0.826. The molecule has 0 aromatic heterocycles. The highest BCUT2D eigenvalue weighted by molar-refractivity contribution is 7.37. The average Bonchev–Trinajstić information content (AvgIpc) is 1.72. The zero-order valence-electron chi connectivity index (χ0n) is 3.31. The minimum Gasteiger partial charge on any atom is -0.409 e. The van der Waals surface area contributed by atoms with Gasteiger partial charge in [-0.25, -0.2) is 0 Å². The molecule has 33 valence electrons. The zero-order chi connectivity index (χ0) is 4.24. The van der Waals surface area contributed by atoms with Gasteiger partial charge in [-0.15, -0.1) is 0 Å². The molecule has 1 radical (unpaired) electrons. The molecule has 1 aliphatic rings. The summed E-state index contributed by atoms with van der Waals surface area (Å²) in [6.45, 7) is 0. The lowest BCUT2D eigenvalue weighted by Gasteiger charge is -2.07. The Labute approximate surface area is 39.3 Å². The zero-order valence-corrected chi connectivity index (χ0v) is 4.31. The molecule has 4 heteroatoms. The summed E-state index contributed by atoms with van der Waals surface area (Å²) in [5.74, 6) is 0. The first-order valence-corrected chi connectivity index (χ1v) is 3.17. The van der Waals surface area contributed by atoms with Crippen LogP contribution >= 0.6 is 8.58 Å². The largest absolute Gasteiger partial charge is 0.488 e. The quantitative estimate of drug-likeness (QED) is 0.321. The lowest BCUT2D eigenvalue weighted by Crippen LogP contribution is -2.08. The van der Waals surface area contributed by atoms with Crippen LogP contribution in [0, 0.1) is 0 Å². The summed E-state index contributed by atoms with van der Waals surface area (Å²) >= 11 is 0. The van der Waals surface area contributed by atoms with E-state index in [-0.39, 0.29) is 0 Å². The second kappa shape index (κ2) is 2.56. The molecule has 0 amide bonds. The Morgan fingerprint density at radius 3 is 2.17 bits per heavy atom. The van der Waals surface area contributed by atoms with Crippen LogP contribution < -0.4 is 0 Å². The Morgan fingerprint density at radius 1 is 1.33 bits per heavy atom. The maximum absolute atomic E-state index is 4.73. The standard InChI is InChI=1S/C2H5BO2P/c1-4-3-5-2-6-1/h6H,1-2H2. The molecule has 1 rings (SSSR count). The predicted octanol–water partition coefficient (Wildman–Crippen LogP) is 0.161. The second-order valence-electron chi connectivity index (χ2n) is 0.968. The molecule has 0 atom stereocenters. The molecule has 0 N–H and O–H groups in total. The van der Waals surface area contributed by atoms with Crippen molar-refractivity contribution in [3.8, 4) is 0 Å². The first-order chi connectivity index (χ1) is 3.00. The Hall–Kier alpha value is 0.415. The van der Waals surface area contributed by atoms with Gasteiger partial charge in [-0.1, -0.05) is 8.58 Å². The van der Waals surface area contributed by atoms with Gasteiger partial charge in [0.05, 0.1) is 12.7 Å². The van der Waals surface area contributed by atoms with Crippen LogP contribution in [0.25, 0.3) is 0 Å². The van der Waals surface area contributed by atoms with Gasteiger partial charge < -0.3 is 9.31 Å². The van der Waals surface area contributed by atoms with Gasteiger partial charge >= 0.3 is 7.69 Å². The summed E-state index contributed by atoms with van der Waals surface area (Å²) in [5.41, 5.74) is 0. The van der Waals surface area contributed by atoms with Crippen LogP contribution in [-0.4, -0.2) is 20.4 Å². The third kappa shape index (κ3) is 1.25. The van der Waals surface area contributed by atoms with E-state index in [4.69, 9.17) is 9.31 Å². The van der Waals surface area contributed by atoms with Crippen molar-refractivity contribution in [2.75, 3.05) is 12.7 Å². The van der Waals surface area contributed by atoms with Crippen LogP contribution in [-0.2, 0) is 9.31 Å². The van der Waals surface area contributed by atoms with Crippen molar-refractivity contribution in [1.82, 2.24) is 0 Å². The van der Waals surface area contributed by atoms with E-state index in [2.05, 4.69) is 0 Å². The van der Waals surface area contributed by atoms with E-state index in [9.17, 15) is 0 Å². The van der Waals surface area contributed by atoms with Crippen LogP contribution in [0.5, 0.6) is 0 Å². The first kappa shape index (κ1) is 4.57. The van der Waals surface area contributed by atoms with E-state index in [0.717, 1.165) is 21.3 Å². The van der Waals surface area contributed by atoms with Crippen molar-refractivity contribution in [3.63, 3.8) is 0 Å². The summed E-state index contributed by atoms with van der Waals surface area (Å²) in [6, 6.07) is 0. The van der Waals surface area contributed by atoms with Crippen molar-refractivity contribution >= 4 is 16.3 Å². The van der Waals surface area contributed by atoms with Crippen molar-refractivity contribution in [2.24, 2.45) is 0 Å². The second-order valence-corrected chi connectivity index (χ2v) is 2.05. The molecule has 0 bridgehead atoms. The molecule has 1 fully saturated rings. The maximum Gasteiger partial charge on any atom is 0.488 e. The van der Waals surface area contributed by atoms with E-state index in [1.165, 1.54) is 7.69 Å². The monoisotopic (exact) mass is 103 g/mol. The lowest BCUT2D eigenvalue weighted by atomic mass is 10.4. The Balaban J connectivity index is 2.00. The molecular weight excluding hydrogens is 97.8 g/mol. The highest BCUT2D eigenvalue weighted by atomic mass is 31.1. The third-order valence-corrected chi connectivity index (χ3v) is 1.25. The van der Waals surface area contributed by atoms with Gasteiger partial charge in [0.1, 0.15) is 0 Å². The van der Waals surface area contributed by atoms with E-state index in [1.807, 2.05) is 0 Å². The topological polar surface area (TPSA) is 18.5 Å². The molecule has 0 unspecified atom stereocenters. The summed E-state index contributed by atoms with van der Waals surface area (Å²) in [4.78, 5) is 0. The SMILES string of the molecule is [B]1OCPCO1. The first-order valence-electron chi connectivity index (χ1n) is 1.76. The van der Waals surface area contributed by atoms with Gasteiger partial charge in [-0.3, -0.25) is 0 Å². The molecule has 0 aliphatic carbocycles. The number of hydrogen-bond acceptors (Lipinski definition) is 2. The Bertz CT molecular complexity index is 27.0. The maximum atomic E-state index is 4.73. The van der Waals surface area contributed by atoms with Crippen LogP contribution in [0.2, 0.25) is 0 Å². The van der Waals surface area contributed by atoms with Crippen LogP contribution in [0.1, 0.15) is 0 Å². The smallest absolute Gasteiger partial charge is 0.409 e. The fourth-order valence-corrected chi connectivity index (χ4v) is 0.731. The predicted molar refractivity (Wildman–Crippen MR) is 26.0 cm³/mol. The van der Waals surface area contributed by atoms with Crippen LogP contribution in [0.4, 0.5) is 0 Å². The highest BCUT2D eigenvalue weighted by Crippen LogP contribution is 2.12. The van der Waals surface area contributed by atoms with Gasteiger partial charge in [0.15, 0.2) is 0 Å². The molecular formula is C2H5BO2P. The minimum absolute atomic E-state index is 0.826. The van der Waals surface area contributed by atoms with Gasteiger partial charge in [0.2, 0.25) is 0 Å². The van der Waals surface area contributed by atoms with Gasteiger partial charge in [0.25, 0.3) is 0 Å². The van der Waals surface area contributed by atoms with Crippen LogP contribution in [0.3, 0.4) is 0 Å². The molecule has 0 aromatic rings. The molecule has 1 saturated heterocycles. The van der Waals surface area contributed by atoms with Crippen molar-refractivity contribution in [2.45, 2.75) is 0 Å². The van der Waals surface area contributed by atoms with Gasteiger partial charge in [-0.2, -0.15) is 0 Å². The fraction of sp³-hybridized carbons (Fsp3) is 1.00. The third-order valence-electron chi connectivity index (χ3n) is 0.507. The molecule has 1 heterocycles. The molecule has 0 spiro atoms. The summed E-state index contributed by atoms with van der Waals surface area (Å²) in [5, 5.41) is 0. The summed E-state index contributed by atoms with van der Waals surface area (Å²) in [6.07, 6.45) is 1.69. The molecule has 0 saturated carbocycles. The summed E-state index contributed by atoms with van der Waals surface area (Å²) in [7, 11) is 2.23. The van der Waals surface area contributed by atoms with E-state index < -0.39 is 0 Å². The normalized spacial score (nSPS) is 22.7. The molecule has 6 heavy (non-hydrogen) atoms. The molecule has 2 nitrogen and oxygen atoms in total. The molecule has 1 aliphatic heterocycles. The fourth-order valence-electron chi connectivity index (χ4n) is 0.276. The van der Waals surface area contributed by atoms with E-state index in [0.29, 0.717) is 0 Å². The van der Waals surface area contributed by atoms with Crippen molar-refractivity contribution < 1.29 is 9.31 Å². The number of hydrogen-bond donors (Lipinski definition) is 0. The van der Waals surface area contributed by atoms with E-state index in [1.54, 1.807) is 0 Å². The Kier molecular flexibility index (Phi) is 1.95. The number of rotatable bonds is 0. The van der Waals surface area contributed by atoms with Gasteiger partial charge in [0, 0.05) is 0 Å². The Morgan fingerprint density at radius 2 is 2.00 bits per heavy atom. The highest BCUT2D eigenvalue weighted by Gasteiger charge is 1.98. The lowest BCUT2D eigenvalue weighted by molar-refractivity contribution is 0.264. The van der Waals surface area contributed by atoms with Crippen molar-refractivity contribution in [3.05, 3.63) is 0 Å². The average molecular weight is 103 g/mol.